The monoisotopic (exact) mass is 279 g/mol. The Morgan fingerprint density at radius 1 is 1.00 bits per heavy atom. The Labute approximate surface area is 128 Å². The Hall–Kier alpha value is -1.60. The molecule has 0 spiro atoms. The van der Waals surface area contributed by atoms with Gasteiger partial charge < -0.3 is 5.32 Å². The SMILES string of the molecule is Cc1ccccc1CCC(CNC1CC1)c1ccccc1. The molecule has 1 fully saturated rings. The second-order valence-corrected chi connectivity index (χ2v) is 6.26. The van der Waals surface area contributed by atoms with Crippen LogP contribution in [-0.4, -0.2) is 12.6 Å². The van der Waals surface area contributed by atoms with Crippen molar-refractivity contribution in [2.75, 3.05) is 6.54 Å². The molecule has 1 nitrogen and oxygen atoms in total. The van der Waals surface area contributed by atoms with Crippen LogP contribution in [0.5, 0.6) is 0 Å². The van der Waals surface area contributed by atoms with Crippen LogP contribution >= 0.6 is 0 Å². The van der Waals surface area contributed by atoms with Crippen molar-refractivity contribution in [3.8, 4) is 0 Å². The smallest absolute Gasteiger partial charge is 0.00684 e. The highest BCUT2D eigenvalue weighted by Gasteiger charge is 2.22. The third-order valence-corrected chi connectivity index (χ3v) is 4.52. The highest BCUT2D eigenvalue weighted by atomic mass is 14.9. The molecule has 1 saturated carbocycles. The van der Waals surface area contributed by atoms with Crippen LogP contribution in [0, 0.1) is 6.92 Å². The van der Waals surface area contributed by atoms with Crippen LogP contribution in [0.1, 0.15) is 41.9 Å². The number of benzene rings is 2. The maximum Gasteiger partial charge on any atom is 0.00684 e. The van der Waals surface area contributed by atoms with Gasteiger partial charge in [0.2, 0.25) is 0 Å². The number of hydrogen-bond acceptors (Lipinski definition) is 1. The Kier molecular flexibility index (Phi) is 4.72. The van der Waals surface area contributed by atoms with Crippen LogP contribution in [0.3, 0.4) is 0 Å². The molecule has 0 amide bonds. The molecule has 1 N–H and O–H groups in total. The summed E-state index contributed by atoms with van der Waals surface area (Å²) in [5.74, 6) is 0.617. The van der Waals surface area contributed by atoms with E-state index in [2.05, 4.69) is 66.8 Å². The molecule has 21 heavy (non-hydrogen) atoms. The molecule has 0 radical (unpaired) electrons. The van der Waals surface area contributed by atoms with E-state index in [4.69, 9.17) is 0 Å². The van der Waals surface area contributed by atoms with E-state index in [1.165, 1.54) is 42.4 Å². The zero-order chi connectivity index (χ0) is 14.5. The number of rotatable bonds is 7. The lowest BCUT2D eigenvalue weighted by Gasteiger charge is -2.19. The maximum atomic E-state index is 3.71. The molecule has 2 aromatic carbocycles. The summed E-state index contributed by atoms with van der Waals surface area (Å²) in [6.07, 6.45) is 5.10. The number of aryl methyl sites for hydroxylation is 2. The predicted octanol–water partition coefficient (Wildman–Crippen LogP) is 4.46. The molecule has 1 aliphatic rings. The van der Waals surface area contributed by atoms with Crippen molar-refractivity contribution in [3.05, 3.63) is 71.3 Å². The molecular formula is C20H25N. The Morgan fingerprint density at radius 3 is 2.43 bits per heavy atom. The lowest BCUT2D eigenvalue weighted by atomic mass is 9.91. The van der Waals surface area contributed by atoms with E-state index in [0.29, 0.717) is 5.92 Å². The highest BCUT2D eigenvalue weighted by molar-refractivity contribution is 5.27. The Balaban J connectivity index is 1.65. The van der Waals surface area contributed by atoms with Crippen molar-refractivity contribution >= 4 is 0 Å². The summed E-state index contributed by atoms with van der Waals surface area (Å²) < 4.78 is 0. The van der Waals surface area contributed by atoms with Crippen LogP contribution < -0.4 is 5.32 Å². The Morgan fingerprint density at radius 2 is 1.71 bits per heavy atom. The van der Waals surface area contributed by atoms with Gasteiger partial charge in [-0.05, 0) is 55.2 Å². The average molecular weight is 279 g/mol. The lowest BCUT2D eigenvalue weighted by molar-refractivity contribution is 0.547. The molecule has 0 bridgehead atoms. The molecule has 110 valence electrons. The van der Waals surface area contributed by atoms with Gasteiger partial charge in [0, 0.05) is 12.6 Å². The van der Waals surface area contributed by atoms with Gasteiger partial charge in [-0.2, -0.15) is 0 Å². The van der Waals surface area contributed by atoms with Gasteiger partial charge in [0.05, 0.1) is 0 Å². The first kappa shape index (κ1) is 14.3. The van der Waals surface area contributed by atoms with E-state index in [-0.39, 0.29) is 0 Å². The molecule has 1 heteroatoms. The molecule has 0 saturated heterocycles. The van der Waals surface area contributed by atoms with Gasteiger partial charge in [-0.3, -0.25) is 0 Å². The summed E-state index contributed by atoms with van der Waals surface area (Å²) in [6, 6.07) is 20.5. The van der Waals surface area contributed by atoms with E-state index in [1.807, 2.05) is 0 Å². The van der Waals surface area contributed by atoms with Crippen molar-refractivity contribution in [2.24, 2.45) is 0 Å². The van der Waals surface area contributed by atoms with Gasteiger partial charge in [-0.25, -0.2) is 0 Å². The summed E-state index contributed by atoms with van der Waals surface area (Å²) in [6.45, 7) is 3.33. The highest BCUT2D eigenvalue weighted by Crippen LogP contribution is 2.25. The molecular weight excluding hydrogens is 254 g/mol. The maximum absolute atomic E-state index is 3.71. The third kappa shape index (κ3) is 4.18. The fourth-order valence-corrected chi connectivity index (χ4v) is 2.93. The quantitative estimate of drug-likeness (QED) is 0.789. The van der Waals surface area contributed by atoms with Crippen molar-refractivity contribution in [3.63, 3.8) is 0 Å². The predicted molar refractivity (Wildman–Crippen MR) is 89.7 cm³/mol. The first-order valence-corrected chi connectivity index (χ1v) is 8.16. The van der Waals surface area contributed by atoms with Crippen LogP contribution in [0.15, 0.2) is 54.6 Å². The average Bonchev–Trinajstić information content (AvgIpc) is 3.34. The fraction of sp³-hybridized carbons (Fsp3) is 0.400. The summed E-state index contributed by atoms with van der Waals surface area (Å²) in [7, 11) is 0. The minimum Gasteiger partial charge on any atom is -0.313 e. The van der Waals surface area contributed by atoms with E-state index >= 15 is 0 Å². The van der Waals surface area contributed by atoms with E-state index < -0.39 is 0 Å². The third-order valence-electron chi connectivity index (χ3n) is 4.52. The minimum atomic E-state index is 0.617. The van der Waals surface area contributed by atoms with Crippen molar-refractivity contribution < 1.29 is 0 Å². The fourth-order valence-electron chi connectivity index (χ4n) is 2.93. The van der Waals surface area contributed by atoms with Crippen LogP contribution in [-0.2, 0) is 6.42 Å². The van der Waals surface area contributed by atoms with Gasteiger partial charge >= 0.3 is 0 Å². The molecule has 0 aliphatic heterocycles. The van der Waals surface area contributed by atoms with Crippen LogP contribution in [0.25, 0.3) is 0 Å². The first-order chi connectivity index (χ1) is 10.3. The molecule has 2 aromatic rings. The summed E-state index contributed by atoms with van der Waals surface area (Å²) in [5, 5.41) is 3.71. The second-order valence-electron chi connectivity index (χ2n) is 6.26. The number of nitrogens with one attached hydrogen (secondary N) is 1. The van der Waals surface area contributed by atoms with Gasteiger partial charge in [0.15, 0.2) is 0 Å². The number of hydrogen-bond donors (Lipinski definition) is 1. The van der Waals surface area contributed by atoms with Gasteiger partial charge in [0.25, 0.3) is 0 Å². The Bertz CT molecular complexity index is 557. The summed E-state index contributed by atoms with van der Waals surface area (Å²) in [5.41, 5.74) is 4.38. The zero-order valence-corrected chi connectivity index (χ0v) is 12.9. The standard InChI is InChI=1S/C20H25N/c1-16-7-5-6-8-17(16)11-12-19(15-21-20-13-14-20)18-9-3-2-4-10-18/h2-10,19-21H,11-15H2,1H3. The van der Waals surface area contributed by atoms with Crippen molar-refractivity contribution in [1.29, 1.82) is 0 Å². The normalized spacial score (nSPS) is 15.9. The lowest BCUT2D eigenvalue weighted by Crippen LogP contribution is -2.24. The molecule has 1 aliphatic carbocycles. The van der Waals surface area contributed by atoms with Gasteiger partial charge in [-0.15, -0.1) is 0 Å². The molecule has 0 heterocycles. The molecule has 0 aromatic heterocycles. The van der Waals surface area contributed by atoms with E-state index in [9.17, 15) is 0 Å². The second kappa shape index (κ2) is 6.91. The topological polar surface area (TPSA) is 12.0 Å². The molecule has 1 atom stereocenters. The van der Waals surface area contributed by atoms with Crippen LogP contribution in [0.4, 0.5) is 0 Å². The summed E-state index contributed by atoms with van der Waals surface area (Å²) in [4.78, 5) is 0. The van der Waals surface area contributed by atoms with Crippen LogP contribution in [0.2, 0.25) is 0 Å². The van der Waals surface area contributed by atoms with Gasteiger partial charge in [0.1, 0.15) is 0 Å². The van der Waals surface area contributed by atoms with Crippen molar-refractivity contribution in [1.82, 2.24) is 5.32 Å². The van der Waals surface area contributed by atoms with E-state index in [1.54, 1.807) is 0 Å². The zero-order valence-electron chi connectivity index (χ0n) is 12.9. The van der Waals surface area contributed by atoms with E-state index in [0.717, 1.165) is 12.6 Å². The van der Waals surface area contributed by atoms with Gasteiger partial charge in [-0.1, -0.05) is 54.6 Å². The summed E-state index contributed by atoms with van der Waals surface area (Å²) >= 11 is 0. The minimum absolute atomic E-state index is 0.617. The molecule has 1 unspecified atom stereocenters. The molecule has 3 rings (SSSR count). The first-order valence-electron chi connectivity index (χ1n) is 8.16. The van der Waals surface area contributed by atoms with Crippen molar-refractivity contribution in [2.45, 2.75) is 44.6 Å². The largest absolute Gasteiger partial charge is 0.313 e.